The Kier molecular flexibility index (Phi) is 3.47. The van der Waals surface area contributed by atoms with Gasteiger partial charge in [0.05, 0.1) is 6.10 Å². The molecule has 13 heavy (non-hydrogen) atoms. The second-order valence-electron chi connectivity index (χ2n) is 3.28. The highest BCUT2D eigenvalue weighted by atomic mass is 79.9. The average Bonchev–Trinajstić information content (AvgIpc) is 2.08. The van der Waals surface area contributed by atoms with E-state index in [1.165, 1.54) is 0 Å². The highest BCUT2D eigenvalue weighted by Crippen LogP contribution is 2.27. The molecule has 0 heterocycles. The molecular weight excluding hydrogens is 230 g/mol. The van der Waals surface area contributed by atoms with Gasteiger partial charge in [0.15, 0.2) is 0 Å². The predicted octanol–water partition coefficient (Wildman–Crippen LogP) is 2.14. The monoisotopic (exact) mass is 243 g/mol. The molecule has 1 aromatic rings. The molecule has 0 saturated carbocycles. The van der Waals surface area contributed by atoms with Gasteiger partial charge in [0, 0.05) is 10.5 Å². The highest BCUT2D eigenvalue weighted by Gasteiger charge is 2.15. The lowest BCUT2D eigenvalue weighted by atomic mass is 10.0. The van der Waals surface area contributed by atoms with Crippen molar-refractivity contribution in [2.75, 3.05) is 0 Å². The molecule has 0 saturated heterocycles. The average molecular weight is 244 g/mol. The summed E-state index contributed by atoms with van der Waals surface area (Å²) in [7, 11) is 0. The molecule has 0 aliphatic heterocycles. The van der Waals surface area contributed by atoms with Gasteiger partial charge in [-0.1, -0.05) is 34.1 Å². The lowest BCUT2D eigenvalue weighted by Crippen LogP contribution is -2.24. The van der Waals surface area contributed by atoms with Crippen molar-refractivity contribution in [2.24, 2.45) is 5.73 Å². The van der Waals surface area contributed by atoms with Crippen molar-refractivity contribution < 1.29 is 5.11 Å². The first-order valence-corrected chi connectivity index (χ1v) is 5.02. The van der Waals surface area contributed by atoms with Gasteiger partial charge < -0.3 is 10.8 Å². The van der Waals surface area contributed by atoms with Crippen molar-refractivity contribution in [2.45, 2.75) is 26.0 Å². The Bertz CT molecular complexity index is 299. The molecule has 0 fully saturated rings. The fraction of sp³-hybridized carbons (Fsp3) is 0.400. The maximum absolute atomic E-state index is 9.75. The Morgan fingerprint density at radius 2 is 2.08 bits per heavy atom. The van der Waals surface area contributed by atoms with Crippen LogP contribution in [0.2, 0.25) is 0 Å². The fourth-order valence-corrected chi connectivity index (χ4v) is 1.68. The van der Waals surface area contributed by atoms with Crippen LogP contribution in [-0.4, -0.2) is 11.1 Å². The first kappa shape index (κ1) is 10.7. The predicted molar refractivity (Wildman–Crippen MR) is 57.5 cm³/mol. The van der Waals surface area contributed by atoms with Crippen LogP contribution in [-0.2, 0) is 0 Å². The number of rotatable bonds is 2. The Labute approximate surface area is 86.9 Å². The molecule has 2 unspecified atom stereocenters. The van der Waals surface area contributed by atoms with E-state index in [9.17, 15) is 5.11 Å². The minimum Gasteiger partial charge on any atom is -0.387 e. The standard InChI is InChI=1S/C10H14BrNO/c1-6-4-3-5-8(9(6)11)10(13)7(2)12/h3-5,7,10,13H,12H2,1-2H3. The van der Waals surface area contributed by atoms with Crippen LogP contribution >= 0.6 is 15.9 Å². The van der Waals surface area contributed by atoms with Crippen LogP contribution < -0.4 is 5.73 Å². The summed E-state index contributed by atoms with van der Waals surface area (Å²) < 4.78 is 0.944. The molecule has 0 aromatic heterocycles. The zero-order chi connectivity index (χ0) is 10.0. The molecule has 72 valence electrons. The molecule has 0 bridgehead atoms. The Morgan fingerprint density at radius 3 is 2.62 bits per heavy atom. The zero-order valence-corrected chi connectivity index (χ0v) is 9.38. The third kappa shape index (κ3) is 2.30. The van der Waals surface area contributed by atoms with Crippen LogP contribution in [0.15, 0.2) is 22.7 Å². The molecule has 0 aliphatic carbocycles. The third-order valence-corrected chi connectivity index (χ3v) is 3.12. The normalized spacial score (nSPS) is 15.5. The van der Waals surface area contributed by atoms with Gasteiger partial charge in [-0.3, -0.25) is 0 Å². The molecule has 3 heteroatoms. The van der Waals surface area contributed by atoms with Crippen LogP contribution in [0.4, 0.5) is 0 Å². The minimum atomic E-state index is -0.603. The number of benzene rings is 1. The van der Waals surface area contributed by atoms with E-state index in [1.807, 2.05) is 25.1 Å². The van der Waals surface area contributed by atoms with Crippen LogP contribution in [0, 0.1) is 6.92 Å². The minimum absolute atomic E-state index is 0.252. The number of aliphatic hydroxyl groups excluding tert-OH is 1. The number of hydrogen-bond acceptors (Lipinski definition) is 2. The van der Waals surface area contributed by atoms with E-state index in [2.05, 4.69) is 15.9 Å². The van der Waals surface area contributed by atoms with Crippen molar-refractivity contribution >= 4 is 15.9 Å². The lowest BCUT2D eigenvalue weighted by Gasteiger charge is -2.17. The number of hydrogen-bond donors (Lipinski definition) is 2. The largest absolute Gasteiger partial charge is 0.387 e. The van der Waals surface area contributed by atoms with Gasteiger partial charge in [-0.15, -0.1) is 0 Å². The van der Waals surface area contributed by atoms with E-state index in [4.69, 9.17) is 5.73 Å². The first-order valence-electron chi connectivity index (χ1n) is 4.22. The Hall–Kier alpha value is -0.380. The van der Waals surface area contributed by atoms with Crippen molar-refractivity contribution in [3.63, 3.8) is 0 Å². The molecule has 0 radical (unpaired) electrons. The number of nitrogens with two attached hydrogens (primary N) is 1. The molecule has 0 aliphatic rings. The number of aryl methyl sites for hydroxylation is 1. The quantitative estimate of drug-likeness (QED) is 0.837. The summed E-state index contributed by atoms with van der Waals surface area (Å²) in [5.41, 5.74) is 7.58. The topological polar surface area (TPSA) is 46.2 Å². The second kappa shape index (κ2) is 4.22. The molecule has 2 nitrogen and oxygen atoms in total. The smallest absolute Gasteiger partial charge is 0.0949 e. The van der Waals surface area contributed by atoms with E-state index in [0.717, 1.165) is 15.6 Å². The molecular formula is C10H14BrNO. The Balaban J connectivity index is 3.07. The van der Waals surface area contributed by atoms with E-state index in [-0.39, 0.29) is 6.04 Å². The summed E-state index contributed by atoms with van der Waals surface area (Å²) in [4.78, 5) is 0. The summed E-state index contributed by atoms with van der Waals surface area (Å²) in [6.45, 7) is 3.78. The van der Waals surface area contributed by atoms with Gasteiger partial charge in [0.1, 0.15) is 0 Å². The summed E-state index contributed by atoms with van der Waals surface area (Å²) >= 11 is 3.43. The van der Waals surface area contributed by atoms with Crippen molar-refractivity contribution in [3.05, 3.63) is 33.8 Å². The van der Waals surface area contributed by atoms with Gasteiger partial charge in [-0.2, -0.15) is 0 Å². The van der Waals surface area contributed by atoms with E-state index in [1.54, 1.807) is 6.92 Å². The third-order valence-electron chi connectivity index (χ3n) is 2.04. The molecule has 1 rings (SSSR count). The molecule has 0 amide bonds. The molecule has 3 N–H and O–H groups in total. The van der Waals surface area contributed by atoms with Crippen molar-refractivity contribution in [1.29, 1.82) is 0 Å². The summed E-state index contributed by atoms with van der Waals surface area (Å²) in [5.74, 6) is 0. The lowest BCUT2D eigenvalue weighted by molar-refractivity contribution is 0.152. The molecule has 2 atom stereocenters. The maximum Gasteiger partial charge on any atom is 0.0949 e. The number of aliphatic hydroxyl groups is 1. The zero-order valence-electron chi connectivity index (χ0n) is 7.79. The molecule has 0 spiro atoms. The highest BCUT2D eigenvalue weighted by molar-refractivity contribution is 9.10. The van der Waals surface area contributed by atoms with Gasteiger partial charge in [0.2, 0.25) is 0 Å². The summed E-state index contributed by atoms with van der Waals surface area (Å²) in [5, 5.41) is 9.75. The van der Waals surface area contributed by atoms with Crippen LogP contribution in [0.3, 0.4) is 0 Å². The summed E-state index contributed by atoms with van der Waals surface area (Å²) in [6, 6.07) is 5.53. The van der Waals surface area contributed by atoms with Crippen LogP contribution in [0.1, 0.15) is 24.2 Å². The van der Waals surface area contributed by atoms with Crippen molar-refractivity contribution in [3.8, 4) is 0 Å². The van der Waals surface area contributed by atoms with Gasteiger partial charge in [-0.05, 0) is 25.0 Å². The van der Waals surface area contributed by atoms with E-state index < -0.39 is 6.10 Å². The van der Waals surface area contributed by atoms with E-state index >= 15 is 0 Å². The van der Waals surface area contributed by atoms with Gasteiger partial charge >= 0.3 is 0 Å². The Morgan fingerprint density at radius 1 is 1.46 bits per heavy atom. The van der Waals surface area contributed by atoms with Gasteiger partial charge in [-0.25, -0.2) is 0 Å². The van der Waals surface area contributed by atoms with Crippen LogP contribution in [0.5, 0.6) is 0 Å². The number of halogens is 1. The first-order chi connectivity index (χ1) is 6.04. The fourth-order valence-electron chi connectivity index (χ4n) is 1.18. The van der Waals surface area contributed by atoms with E-state index in [0.29, 0.717) is 0 Å². The maximum atomic E-state index is 9.75. The van der Waals surface area contributed by atoms with Crippen molar-refractivity contribution in [1.82, 2.24) is 0 Å². The second-order valence-corrected chi connectivity index (χ2v) is 4.08. The van der Waals surface area contributed by atoms with Gasteiger partial charge in [0.25, 0.3) is 0 Å². The SMILES string of the molecule is Cc1cccc(C(O)C(C)N)c1Br. The summed E-state index contributed by atoms with van der Waals surface area (Å²) in [6.07, 6.45) is -0.603. The van der Waals surface area contributed by atoms with Crippen LogP contribution in [0.25, 0.3) is 0 Å². The molecule has 1 aromatic carbocycles.